The van der Waals surface area contributed by atoms with E-state index in [0.717, 1.165) is 18.3 Å². The molecule has 0 spiro atoms. The standard InChI is InChI=1S/C15H22O3/c1-11(6-8-16)5-7-15-13(2,3)9-12(17)10-14(15,4)18-15/h5-8,12,17H,9-10H2,1-4H3/b7-5+,11-6+. The van der Waals surface area contributed by atoms with E-state index in [1.165, 1.54) is 6.08 Å². The molecule has 1 aliphatic carbocycles. The average molecular weight is 250 g/mol. The van der Waals surface area contributed by atoms with Crippen molar-refractivity contribution >= 4 is 6.29 Å². The van der Waals surface area contributed by atoms with Crippen LogP contribution in [0, 0.1) is 5.41 Å². The van der Waals surface area contributed by atoms with Crippen molar-refractivity contribution in [2.75, 3.05) is 0 Å². The first-order valence-electron chi connectivity index (χ1n) is 6.46. The lowest BCUT2D eigenvalue weighted by Crippen LogP contribution is -2.46. The summed E-state index contributed by atoms with van der Waals surface area (Å²) in [6.07, 6.45) is 7.46. The highest BCUT2D eigenvalue weighted by Gasteiger charge is 2.74. The molecular formula is C15H22O3. The number of aliphatic hydroxyl groups is 1. The van der Waals surface area contributed by atoms with Gasteiger partial charge in [-0.25, -0.2) is 0 Å². The van der Waals surface area contributed by atoms with Crippen LogP contribution < -0.4 is 0 Å². The number of fused-ring (bicyclic) bond motifs is 1. The SMILES string of the molecule is CC(/C=C/C12OC1(C)CC(O)CC2(C)C)=C\C=O. The fourth-order valence-electron chi connectivity index (χ4n) is 3.49. The molecular weight excluding hydrogens is 228 g/mol. The fourth-order valence-corrected chi connectivity index (χ4v) is 3.49. The summed E-state index contributed by atoms with van der Waals surface area (Å²) in [6.45, 7) is 8.21. The molecule has 1 saturated carbocycles. The number of aliphatic hydroxyl groups excluding tert-OH is 1. The van der Waals surface area contributed by atoms with E-state index in [4.69, 9.17) is 4.74 Å². The molecule has 0 radical (unpaired) electrons. The molecule has 0 bridgehead atoms. The van der Waals surface area contributed by atoms with Gasteiger partial charge in [0, 0.05) is 11.8 Å². The Kier molecular flexibility index (Phi) is 3.03. The van der Waals surface area contributed by atoms with E-state index >= 15 is 0 Å². The van der Waals surface area contributed by atoms with Gasteiger partial charge in [-0.2, -0.15) is 0 Å². The van der Waals surface area contributed by atoms with E-state index in [-0.39, 0.29) is 22.7 Å². The Morgan fingerprint density at radius 2 is 2.00 bits per heavy atom. The number of hydrogen-bond donors (Lipinski definition) is 1. The Hall–Kier alpha value is -0.930. The number of aldehydes is 1. The first-order chi connectivity index (χ1) is 8.26. The summed E-state index contributed by atoms with van der Waals surface area (Å²) >= 11 is 0. The molecule has 0 aromatic carbocycles. The van der Waals surface area contributed by atoms with Crippen LogP contribution >= 0.6 is 0 Å². The van der Waals surface area contributed by atoms with Gasteiger partial charge in [0.05, 0.1) is 6.10 Å². The van der Waals surface area contributed by atoms with Gasteiger partial charge in [-0.3, -0.25) is 4.79 Å². The molecule has 0 amide bonds. The van der Waals surface area contributed by atoms with Crippen molar-refractivity contribution in [1.82, 2.24) is 0 Å². The molecule has 3 atom stereocenters. The van der Waals surface area contributed by atoms with Crippen molar-refractivity contribution in [3.63, 3.8) is 0 Å². The van der Waals surface area contributed by atoms with Crippen molar-refractivity contribution in [3.05, 3.63) is 23.8 Å². The van der Waals surface area contributed by atoms with Gasteiger partial charge in [-0.05, 0) is 38.0 Å². The lowest BCUT2D eigenvalue weighted by molar-refractivity contribution is -0.104. The molecule has 3 heteroatoms. The van der Waals surface area contributed by atoms with Gasteiger partial charge in [0.1, 0.15) is 17.5 Å². The average Bonchev–Trinajstić information content (AvgIpc) is 2.82. The van der Waals surface area contributed by atoms with Crippen LogP contribution in [0.15, 0.2) is 23.8 Å². The first-order valence-corrected chi connectivity index (χ1v) is 6.46. The summed E-state index contributed by atoms with van der Waals surface area (Å²) in [5.41, 5.74) is 0.236. The maximum Gasteiger partial charge on any atom is 0.143 e. The van der Waals surface area contributed by atoms with Gasteiger partial charge in [-0.1, -0.05) is 19.9 Å². The van der Waals surface area contributed by atoms with Crippen molar-refractivity contribution in [2.24, 2.45) is 5.41 Å². The highest BCUT2D eigenvalue weighted by atomic mass is 16.6. The van der Waals surface area contributed by atoms with Gasteiger partial charge < -0.3 is 9.84 Å². The molecule has 2 aliphatic rings. The van der Waals surface area contributed by atoms with E-state index in [1.807, 2.05) is 13.0 Å². The summed E-state index contributed by atoms with van der Waals surface area (Å²) in [7, 11) is 0. The van der Waals surface area contributed by atoms with Crippen molar-refractivity contribution in [3.8, 4) is 0 Å². The number of ether oxygens (including phenoxy) is 1. The minimum Gasteiger partial charge on any atom is -0.393 e. The van der Waals surface area contributed by atoms with Crippen LogP contribution in [0.3, 0.4) is 0 Å². The van der Waals surface area contributed by atoms with Crippen LogP contribution in [0.4, 0.5) is 0 Å². The second kappa shape index (κ2) is 4.04. The van der Waals surface area contributed by atoms with Gasteiger partial charge in [0.25, 0.3) is 0 Å². The predicted molar refractivity (Wildman–Crippen MR) is 70.2 cm³/mol. The van der Waals surface area contributed by atoms with Crippen LogP contribution in [0.25, 0.3) is 0 Å². The minimum absolute atomic E-state index is 0.0998. The molecule has 100 valence electrons. The molecule has 18 heavy (non-hydrogen) atoms. The molecule has 0 aromatic heterocycles. The molecule has 2 fully saturated rings. The second-order valence-electron chi connectivity index (χ2n) is 6.39. The van der Waals surface area contributed by atoms with Crippen LogP contribution in [0.2, 0.25) is 0 Å². The summed E-state index contributed by atoms with van der Waals surface area (Å²) in [6, 6.07) is 0. The highest BCUT2D eigenvalue weighted by molar-refractivity contribution is 5.67. The molecule has 1 heterocycles. The molecule has 2 rings (SSSR count). The van der Waals surface area contributed by atoms with E-state index in [2.05, 4.69) is 26.8 Å². The van der Waals surface area contributed by atoms with Crippen LogP contribution in [0.5, 0.6) is 0 Å². The van der Waals surface area contributed by atoms with E-state index in [1.54, 1.807) is 0 Å². The maximum atomic E-state index is 10.4. The number of carbonyl (C=O) groups is 1. The van der Waals surface area contributed by atoms with Crippen molar-refractivity contribution in [1.29, 1.82) is 0 Å². The third-order valence-electron chi connectivity index (χ3n) is 4.42. The largest absolute Gasteiger partial charge is 0.393 e. The zero-order valence-electron chi connectivity index (χ0n) is 11.6. The minimum atomic E-state index is -0.308. The number of carbonyl (C=O) groups excluding carboxylic acids is 1. The lowest BCUT2D eigenvalue weighted by Gasteiger charge is -2.39. The normalized spacial score (nSPS) is 42.7. The van der Waals surface area contributed by atoms with Crippen LogP contribution in [0.1, 0.15) is 40.5 Å². The van der Waals surface area contributed by atoms with Crippen LogP contribution in [-0.4, -0.2) is 28.7 Å². The molecule has 1 aliphatic heterocycles. The van der Waals surface area contributed by atoms with Gasteiger partial charge in [-0.15, -0.1) is 0 Å². The quantitative estimate of drug-likeness (QED) is 0.362. The smallest absolute Gasteiger partial charge is 0.143 e. The first kappa shape index (κ1) is 13.5. The van der Waals surface area contributed by atoms with Gasteiger partial charge in [0.15, 0.2) is 0 Å². The predicted octanol–water partition coefficient (Wildman–Crippen LogP) is 2.40. The zero-order chi connectivity index (χ0) is 13.6. The third-order valence-corrected chi connectivity index (χ3v) is 4.42. The molecule has 1 saturated heterocycles. The topological polar surface area (TPSA) is 49.8 Å². The monoisotopic (exact) mass is 250 g/mol. The summed E-state index contributed by atoms with van der Waals surface area (Å²) < 4.78 is 6.00. The number of rotatable bonds is 3. The van der Waals surface area contributed by atoms with Crippen molar-refractivity contribution < 1.29 is 14.6 Å². The third kappa shape index (κ3) is 1.86. The van der Waals surface area contributed by atoms with Gasteiger partial charge >= 0.3 is 0 Å². The van der Waals surface area contributed by atoms with Crippen LogP contribution in [-0.2, 0) is 9.53 Å². The molecule has 1 N–H and O–H groups in total. The van der Waals surface area contributed by atoms with E-state index in [0.29, 0.717) is 6.42 Å². The Morgan fingerprint density at radius 3 is 2.56 bits per heavy atom. The van der Waals surface area contributed by atoms with E-state index < -0.39 is 0 Å². The summed E-state index contributed by atoms with van der Waals surface area (Å²) in [5, 5.41) is 9.92. The Labute approximate surface area is 109 Å². The lowest BCUT2D eigenvalue weighted by atomic mass is 9.63. The molecule has 0 aromatic rings. The number of allylic oxidation sites excluding steroid dienone is 3. The second-order valence-corrected chi connectivity index (χ2v) is 6.39. The molecule has 3 nitrogen and oxygen atoms in total. The fraction of sp³-hybridized carbons (Fsp3) is 0.667. The Balaban J connectivity index is 2.27. The van der Waals surface area contributed by atoms with Crippen molar-refractivity contribution in [2.45, 2.75) is 57.8 Å². The molecule has 3 unspecified atom stereocenters. The number of hydrogen-bond acceptors (Lipinski definition) is 3. The summed E-state index contributed by atoms with van der Waals surface area (Å²) in [4.78, 5) is 10.4. The Bertz CT molecular complexity index is 421. The maximum absolute atomic E-state index is 10.4. The number of epoxide rings is 1. The summed E-state index contributed by atoms with van der Waals surface area (Å²) in [5.74, 6) is 0. The Morgan fingerprint density at radius 1 is 1.33 bits per heavy atom. The van der Waals surface area contributed by atoms with E-state index in [9.17, 15) is 9.90 Å². The van der Waals surface area contributed by atoms with Gasteiger partial charge in [0.2, 0.25) is 0 Å². The highest BCUT2D eigenvalue weighted by Crippen LogP contribution is 2.66. The zero-order valence-corrected chi connectivity index (χ0v) is 11.6.